The largest absolute Gasteiger partial charge is 0.724 e. The molecule has 0 heterocycles. The molecule has 0 N–H and O–H groups in total. The molecule has 0 rings (SSSR count). The summed E-state index contributed by atoms with van der Waals surface area (Å²) in [6.07, 6.45) is 0.500. The monoisotopic (exact) mass is 309 g/mol. The number of hydrogen-bond donors (Lipinski definition) is 0. The minimum atomic E-state index is 0. The second-order valence-electron chi connectivity index (χ2n) is 0.0913. The van der Waals surface area contributed by atoms with Gasteiger partial charge in [0, 0.05) is 0 Å². The molecule has 0 fully saturated rings. The van der Waals surface area contributed by atoms with Gasteiger partial charge in [0.25, 0.3) is 0 Å². The maximum absolute atomic E-state index is 8.24. The van der Waals surface area contributed by atoms with Gasteiger partial charge in [-0.15, -0.1) is 0 Å². The summed E-state index contributed by atoms with van der Waals surface area (Å²) in [7, 11) is 0. The topological polar surface area (TPSA) is 39.4 Å². The van der Waals surface area contributed by atoms with Gasteiger partial charge in [-0.05, 0) is 6.08 Å². The molecule has 0 amide bonds. The minimum Gasteiger partial charge on any atom is -0.724 e. The zero-order chi connectivity index (χ0) is 2.71. The first-order valence-electron chi connectivity index (χ1n) is 0.428. The van der Waals surface area contributed by atoms with Crippen molar-refractivity contribution in [3.05, 3.63) is 5.41 Å². The van der Waals surface area contributed by atoms with Crippen molar-refractivity contribution in [1.29, 1.82) is 0 Å². The molecule has 0 aromatic carbocycles. The number of nitrogens with zero attached hydrogens (tertiary/aromatic N) is 1. The van der Waals surface area contributed by atoms with Crippen LogP contribution >= 0.6 is 0 Å². The van der Waals surface area contributed by atoms with Gasteiger partial charge in [0.2, 0.25) is 0 Å². The standard InChI is InChI=1S/CNO.Rf/c2-1-3;/q-1;. The van der Waals surface area contributed by atoms with Gasteiger partial charge >= 0.3 is 0 Å². The van der Waals surface area contributed by atoms with E-state index in [0.29, 0.717) is 6.08 Å². The average Bonchev–Trinajstić information content (AvgIpc) is 0.918. The first-order chi connectivity index (χ1) is 1.41. The van der Waals surface area contributed by atoms with E-state index in [-0.39, 0.29) is 0 Å². The zero-order valence-corrected chi connectivity index (χ0v) is 8.46. The van der Waals surface area contributed by atoms with Gasteiger partial charge in [0.1, 0.15) is 0 Å². The molecule has 0 saturated carbocycles. The molecule has 0 spiro atoms. The summed E-state index contributed by atoms with van der Waals surface area (Å²) in [5.41, 5.74) is 0. The fraction of sp³-hybridized carbons (Fsp3) is 0. The predicted molar refractivity (Wildman–Crippen MR) is 9.05 cm³/mol. The third kappa shape index (κ3) is 0.0557. The third-order valence-corrected chi connectivity index (χ3v) is 0. The zero-order valence-electron chi connectivity index (χ0n) is 2.06. The Balaban J connectivity index is 0. The van der Waals surface area contributed by atoms with Crippen LogP contribution in [0.25, 0.3) is 5.41 Å². The van der Waals surface area contributed by atoms with Crippen LogP contribution in [0.4, 0.5) is 0 Å². The smallest absolute Gasteiger partial charge is 0 e. The molecule has 18 valence electrons. The number of rotatable bonds is 0. The van der Waals surface area contributed by atoms with Crippen molar-refractivity contribution in [2.24, 2.45) is 0 Å². The van der Waals surface area contributed by atoms with Crippen LogP contribution in [0.3, 0.4) is 0 Å². The molecule has 0 saturated heterocycles. The Labute approximate surface area is 17.6 Å². The Morgan fingerprint density at radius 2 is 1.75 bits per heavy atom. The van der Waals surface area contributed by atoms with Crippen LogP contribution in [0.15, 0.2) is 0 Å². The molecule has 0 aliphatic heterocycles. The molecule has 3 heteroatoms. The van der Waals surface area contributed by atoms with E-state index in [0.717, 1.165) is 0 Å². The molecule has 0 aromatic rings. The predicted octanol–water partition coefficient (Wildman–Crippen LogP) is -0.108. The molecular formula is CNORf-. The van der Waals surface area contributed by atoms with Gasteiger partial charge in [-0.1, -0.05) is 0 Å². The van der Waals surface area contributed by atoms with Gasteiger partial charge in [-0.25, -0.2) is 0 Å². The fourth-order valence-corrected chi connectivity index (χ4v) is 0. The first kappa shape index (κ1) is 31.4. The molecule has 0 aliphatic rings. The van der Waals surface area contributed by atoms with Gasteiger partial charge in [0.15, 0.2) is 0 Å². The van der Waals surface area contributed by atoms with Gasteiger partial charge < -0.3 is 5.41 Å². The molecule has 0 bridgehead atoms. The number of carbonyl (C=O) groups excluding carboxylic acids is 1. The SMILES string of the molecule is [N-]=C=O.[Rf]. The summed E-state index contributed by atoms with van der Waals surface area (Å²) in [6, 6.07) is 0. The van der Waals surface area contributed by atoms with Crippen molar-refractivity contribution in [1.82, 2.24) is 0 Å². The summed E-state index contributed by atoms with van der Waals surface area (Å²) >= 11 is 0. The average molecular weight is 309 g/mol. The van der Waals surface area contributed by atoms with Crippen LogP contribution in [0.5, 0.6) is 0 Å². The number of isocyanates is 1. The van der Waals surface area contributed by atoms with E-state index in [2.05, 4.69) is 0 Å². The van der Waals surface area contributed by atoms with E-state index in [1.807, 2.05) is 0 Å². The van der Waals surface area contributed by atoms with Crippen molar-refractivity contribution in [2.75, 3.05) is 0 Å². The van der Waals surface area contributed by atoms with Crippen LogP contribution in [0.2, 0.25) is 0 Å². The van der Waals surface area contributed by atoms with E-state index < -0.39 is 0 Å². The van der Waals surface area contributed by atoms with Crippen LogP contribution in [-0.4, -0.2) is 6.08 Å². The van der Waals surface area contributed by atoms with Gasteiger partial charge in [-0.2, -0.15) is 0 Å². The summed E-state index contributed by atoms with van der Waals surface area (Å²) in [5, 5.41) is 6.76. The normalized spacial score (nSPS) is 2.00. The Morgan fingerprint density at radius 1 is 1.75 bits per heavy atom. The molecule has 0 atom stereocenters. The molecular weight excluding hydrogens is 309 g/mol. The fourth-order valence-electron chi connectivity index (χ4n) is 0. The Morgan fingerprint density at radius 3 is 1.75 bits per heavy atom. The van der Waals surface area contributed by atoms with Crippen molar-refractivity contribution >= 4 is 6.08 Å². The number of hydrogen-bond acceptors (Lipinski definition) is 1. The second-order valence-corrected chi connectivity index (χ2v) is 0.0913. The summed E-state index contributed by atoms with van der Waals surface area (Å²) in [5.74, 6) is 0. The summed E-state index contributed by atoms with van der Waals surface area (Å²) < 4.78 is 0. The van der Waals surface area contributed by atoms with Crippen molar-refractivity contribution < 1.29 is 4.79 Å². The van der Waals surface area contributed by atoms with E-state index in [1.165, 1.54) is 0 Å². The van der Waals surface area contributed by atoms with E-state index in [9.17, 15) is 0 Å². The quantitative estimate of drug-likeness (QED) is 0.455. The maximum atomic E-state index is 8.24. The van der Waals surface area contributed by atoms with Gasteiger partial charge in [0.05, 0.1) is 0 Å². The first-order valence-corrected chi connectivity index (χ1v) is 0.428. The molecule has 0 radical (unpaired) electrons. The minimum absolute atomic E-state index is 0. The van der Waals surface area contributed by atoms with E-state index in [1.54, 1.807) is 0 Å². The van der Waals surface area contributed by atoms with Crippen LogP contribution in [0, 0.1) is 0 Å². The molecule has 0 unspecified atom stereocenters. The third-order valence-electron chi connectivity index (χ3n) is 0. The molecule has 0 aromatic heterocycles. The van der Waals surface area contributed by atoms with Gasteiger partial charge in [-0.3, -0.25) is 4.79 Å². The van der Waals surface area contributed by atoms with E-state index >= 15 is 0 Å². The summed E-state index contributed by atoms with van der Waals surface area (Å²) in [6.45, 7) is 0. The Kier molecular flexibility index (Phi) is 4.07. The van der Waals surface area contributed by atoms with Crippen LogP contribution < -0.4 is 0 Å². The van der Waals surface area contributed by atoms with Crippen LogP contribution in [0.1, 0.15) is 0 Å². The van der Waals surface area contributed by atoms with Crippen LogP contribution in [-0.2, 0) is 4.79 Å². The van der Waals surface area contributed by atoms with E-state index in [4.69, 9.17) is 10.2 Å². The Bertz CT molecular complexity index is 29.0. The molecule has 4 heavy (non-hydrogen) atoms. The van der Waals surface area contributed by atoms with Crippen molar-refractivity contribution in [3.8, 4) is 0 Å². The molecule has 2 nitrogen and oxygen atoms in total. The molecule has 0 aliphatic carbocycles. The van der Waals surface area contributed by atoms with Crippen molar-refractivity contribution in [3.63, 3.8) is 0 Å². The van der Waals surface area contributed by atoms with Crippen molar-refractivity contribution in [2.45, 2.75) is 0 Å². The summed E-state index contributed by atoms with van der Waals surface area (Å²) in [4.78, 5) is 8.24. The second kappa shape index (κ2) is 0.518. The Hall–Kier alpha value is -1.62. The maximum Gasteiger partial charge on any atom is 0 e.